The largest absolute Gasteiger partial charge is 0.356 e. The summed E-state index contributed by atoms with van der Waals surface area (Å²) in [6, 6.07) is 0. The standard InChI is InChI=1S/C7H12ClNO/c1-2-9-7(10)6-3-5(6)4-8/h5-6H,2-4H2,1H3,(H,9,10). The number of nitrogens with one attached hydrogen (secondary N) is 1. The van der Waals surface area contributed by atoms with Gasteiger partial charge in [0.15, 0.2) is 0 Å². The molecule has 0 aromatic heterocycles. The van der Waals surface area contributed by atoms with Gasteiger partial charge in [0.05, 0.1) is 0 Å². The van der Waals surface area contributed by atoms with Gasteiger partial charge in [-0.2, -0.15) is 0 Å². The molecule has 0 spiro atoms. The summed E-state index contributed by atoms with van der Waals surface area (Å²) >= 11 is 5.56. The molecule has 0 heterocycles. The molecule has 58 valence electrons. The van der Waals surface area contributed by atoms with E-state index in [-0.39, 0.29) is 11.8 Å². The van der Waals surface area contributed by atoms with Crippen molar-refractivity contribution in [2.24, 2.45) is 11.8 Å². The molecule has 1 fully saturated rings. The predicted molar refractivity (Wildman–Crippen MR) is 41.0 cm³/mol. The Bertz CT molecular complexity index is 138. The Morgan fingerprint density at radius 1 is 1.80 bits per heavy atom. The van der Waals surface area contributed by atoms with E-state index in [4.69, 9.17) is 11.6 Å². The lowest BCUT2D eigenvalue weighted by Crippen LogP contribution is -2.25. The van der Waals surface area contributed by atoms with Crippen LogP contribution in [-0.4, -0.2) is 18.3 Å². The van der Waals surface area contributed by atoms with Gasteiger partial charge in [-0.1, -0.05) is 0 Å². The maximum Gasteiger partial charge on any atom is 0.223 e. The molecule has 0 saturated heterocycles. The molecule has 10 heavy (non-hydrogen) atoms. The van der Waals surface area contributed by atoms with Crippen LogP contribution in [-0.2, 0) is 4.79 Å². The fourth-order valence-corrected chi connectivity index (χ4v) is 1.39. The molecule has 1 saturated carbocycles. The molecule has 1 aliphatic carbocycles. The Labute approximate surface area is 65.9 Å². The van der Waals surface area contributed by atoms with Crippen molar-refractivity contribution in [1.82, 2.24) is 5.32 Å². The van der Waals surface area contributed by atoms with Gasteiger partial charge in [-0.25, -0.2) is 0 Å². The monoisotopic (exact) mass is 161 g/mol. The minimum atomic E-state index is 0.174. The third-order valence-electron chi connectivity index (χ3n) is 1.81. The van der Waals surface area contributed by atoms with Crippen LogP contribution >= 0.6 is 11.6 Å². The molecule has 0 aromatic carbocycles. The first-order valence-electron chi connectivity index (χ1n) is 3.63. The van der Waals surface area contributed by atoms with E-state index in [0.717, 1.165) is 13.0 Å². The van der Waals surface area contributed by atoms with Crippen molar-refractivity contribution in [2.45, 2.75) is 13.3 Å². The van der Waals surface area contributed by atoms with Gasteiger partial charge in [0.2, 0.25) is 5.91 Å². The molecule has 0 radical (unpaired) electrons. The molecular weight excluding hydrogens is 150 g/mol. The lowest BCUT2D eigenvalue weighted by atomic mass is 10.3. The third-order valence-corrected chi connectivity index (χ3v) is 2.20. The van der Waals surface area contributed by atoms with Crippen LogP contribution in [0.1, 0.15) is 13.3 Å². The molecule has 2 nitrogen and oxygen atoms in total. The number of halogens is 1. The second-order valence-corrected chi connectivity index (χ2v) is 2.96. The maximum atomic E-state index is 11.0. The van der Waals surface area contributed by atoms with Crippen molar-refractivity contribution in [3.05, 3.63) is 0 Å². The number of rotatable bonds is 3. The summed E-state index contributed by atoms with van der Waals surface area (Å²) in [7, 11) is 0. The van der Waals surface area contributed by atoms with Gasteiger partial charge in [0, 0.05) is 18.3 Å². The quantitative estimate of drug-likeness (QED) is 0.615. The van der Waals surface area contributed by atoms with Crippen molar-refractivity contribution in [1.29, 1.82) is 0 Å². The average Bonchev–Trinajstić information content (AvgIpc) is 2.66. The summed E-state index contributed by atoms with van der Waals surface area (Å²) < 4.78 is 0. The van der Waals surface area contributed by atoms with Crippen LogP contribution in [0, 0.1) is 11.8 Å². The predicted octanol–water partition coefficient (Wildman–Crippen LogP) is 0.997. The lowest BCUT2D eigenvalue weighted by Gasteiger charge is -1.97. The van der Waals surface area contributed by atoms with Crippen LogP contribution in [0.4, 0.5) is 0 Å². The van der Waals surface area contributed by atoms with Crippen molar-refractivity contribution in [3.8, 4) is 0 Å². The maximum absolute atomic E-state index is 11.0. The molecule has 2 atom stereocenters. The third kappa shape index (κ3) is 1.63. The van der Waals surface area contributed by atoms with Gasteiger partial charge < -0.3 is 5.32 Å². The summed E-state index contributed by atoms with van der Waals surface area (Å²) in [5, 5.41) is 2.77. The summed E-state index contributed by atoms with van der Waals surface area (Å²) in [6.45, 7) is 2.65. The molecule has 3 heteroatoms. The Balaban J connectivity index is 2.19. The minimum absolute atomic E-state index is 0.174. The highest BCUT2D eigenvalue weighted by molar-refractivity contribution is 6.18. The molecule has 0 aliphatic heterocycles. The van der Waals surface area contributed by atoms with Gasteiger partial charge in [0.25, 0.3) is 0 Å². The van der Waals surface area contributed by atoms with Gasteiger partial charge in [-0.05, 0) is 19.3 Å². The lowest BCUT2D eigenvalue weighted by molar-refractivity contribution is -0.122. The first kappa shape index (κ1) is 7.86. The summed E-state index contributed by atoms with van der Waals surface area (Å²) in [4.78, 5) is 11.0. The Kier molecular flexibility index (Phi) is 2.55. The van der Waals surface area contributed by atoms with E-state index in [2.05, 4.69) is 5.32 Å². The molecule has 1 aliphatic rings. The second kappa shape index (κ2) is 3.24. The van der Waals surface area contributed by atoms with E-state index in [1.54, 1.807) is 0 Å². The van der Waals surface area contributed by atoms with E-state index >= 15 is 0 Å². The van der Waals surface area contributed by atoms with Gasteiger partial charge >= 0.3 is 0 Å². The van der Waals surface area contributed by atoms with Crippen LogP contribution in [0.25, 0.3) is 0 Å². The fraction of sp³-hybridized carbons (Fsp3) is 0.857. The summed E-state index contributed by atoms with van der Waals surface area (Å²) in [5.74, 6) is 1.47. The zero-order valence-electron chi connectivity index (χ0n) is 6.06. The van der Waals surface area contributed by atoms with Crippen LogP contribution < -0.4 is 5.32 Å². The Morgan fingerprint density at radius 2 is 2.50 bits per heavy atom. The Hall–Kier alpha value is -0.240. The highest BCUT2D eigenvalue weighted by Gasteiger charge is 2.41. The number of alkyl halides is 1. The number of hydrogen-bond acceptors (Lipinski definition) is 1. The highest BCUT2D eigenvalue weighted by Crippen LogP contribution is 2.39. The van der Waals surface area contributed by atoms with Crippen molar-refractivity contribution in [2.75, 3.05) is 12.4 Å². The Morgan fingerprint density at radius 3 is 2.90 bits per heavy atom. The van der Waals surface area contributed by atoms with E-state index in [1.165, 1.54) is 0 Å². The van der Waals surface area contributed by atoms with Crippen LogP contribution in [0.2, 0.25) is 0 Å². The normalized spacial score (nSPS) is 29.8. The van der Waals surface area contributed by atoms with Crippen molar-refractivity contribution in [3.63, 3.8) is 0 Å². The number of carbonyl (C=O) groups excluding carboxylic acids is 1. The topological polar surface area (TPSA) is 29.1 Å². The molecule has 0 aromatic rings. The average molecular weight is 162 g/mol. The second-order valence-electron chi connectivity index (χ2n) is 2.65. The zero-order valence-corrected chi connectivity index (χ0v) is 6.82. The van der Waals surface area contributed by atoms with Gasteiger partial charge in [-0.15, -0.1) is 11.6 Å². The van der Waals surface area contributed by atoms with E-state index in [0.29, 0.717) is 11.8 Å². The van der Waals surface area contributed by atoms with E-state index < -0.39 is 0 Å². The molecule has 2 unspecified atom stereocenters. The van der Waals surface area contributed by atoms with Crippen LogP contribution in [0.15, 0.2) is 0 Å². The first-order valence-corrected chi connectivity index (χ1v) is 4.16. The molecule has 1 amide bonds. The molecular formula is C7H12ClNO. The van der Waals surface area contributed by atoms with E-state index in [9.17, 15) is 4.79 Å². The van der Waals surface area contributed by atoms with Gasteiger partial charge in [-0.3, -0.25) is 4.79 Å². The van der Waals surface area contributed by atoms with Crippen molar-refractivity contribution >= 4 is 17.5 Å². The first-order chi connectivity index (χ1) is 4.79. The van der Waals surface area contributed by atoms with Crippen LogP contribution in [0.5, 0.6) is 0 Å². The number of amides is 1. The zero-order chi connectivity index (χ0) is 7.56. The van der Waals surface area contributed by atoms with E-state index in [1.807, 2.05) is 6.92 Å². The fourth-order valence-electron chi connectivity index (χ4n) is 1.04. The van der Waals surface area contributed by atoms with Gasteiger partial charge in [0.1, 0.15) is 0 Å². The number of hydrogen-bond donors (Lipinski definition) is 1. The number of carbonyl (C=O) groups is 1. The smallest absolute Gasteiger partial charge is 0.223 e. The molecule has 0 bridgehead atoms. The SMILES string of the molecule is CCNC(=O)C1CC1CCl. The molecule has 1 N–H and O–H groups in total. The summed E-state index contributed by atoms with van der Waals surface area (Å²) in [6.07, 6.45) is 0.981. The van der Waals surface area contributed by atoms with Crippen LogP contribution in [0.3, 0.4) is 0 Å². The van der Waals surface area contributed by atoms with Crippen molar-refractivity contribution < 1.29 is 4.79 Å². The highest BCUT2D eigenvalue weighted by atomic mass is 35.5. The summed E-state index contributed by atoms with van der Waals surface area (Å²) in [5.41, 5.74) is 0. The molecule has 1 rings (SSSR count). The minimum Gasteiger partial charge on any atom is -0.356 e.